The zero-order valence-electron chi connectivity index (χ0n) is 21.4. The van der Waals surface area contributed by atoms with E-state index >= 15 is 0 Å². The van der Waals surface area contributed by atoms with Gasteiger partial charge in [-0.2, -0.15) is 0 Å². The molecule has 0 bridgehead atoms. The van der Waals surface area contributed by atoms with Crippen molar-refractivity contribution in [3.63, 3.8) is 0 Å². The summed E-state index contributed by atoms with van der Waals surface area (Å²) in [5, 5.41) is 3.72. The normalized spacial score (nSPS) is 43.0. The van der Waals surface area contributed by atoms with Gasteiger partial charge >= 0.3 is 0 Å². The molecule has 1 N–H and O–H groups in total. The van der Waals surface area contributed by atoms with Crippen molar-refractivity contribution in [3.8, 4) is 0 Å². The van der Waals surface area contributed by atoms with Gasteiger partial charge in [0.1, 0.15) is 0 Å². The van der Waals surface area contributed by atoms with Crippen LogP contribution in [0, 0.1) is 46.3 Å². The molecule has 31 heavy (non-hydrogen) atoms. The topological polar surface area (TPSA) is 12.0 Å². The maximum Gasteiger partial charge on any atom is 0.0135 e. The minimum Gasteiger partial charge on any atom is -0.310 e. The Labute approximate surface area is 193 Å². The highest BCUT2D eigenvalue weighted by molar-refractivity contribution is 5.26. The molecule has 8 atom stereocenters. The predicted molar refractivity (Wildman–Crippen MR) is 135 cm³/mol. The van der Waals surface area contributed by atoms with Crippen LogP contribution in [-0.2, 0) is 0 Å². The molecule has 0 amide bonds. The van der Waals surface area contributed by atoms with Gasteiger partial charge in [0.25, 0.3) is 0 Å². The van der Waals surface area contributed by atoms with E-state index in [4.69, 9.17) is 0 Å². The number of hydrogen-bond donors (Lipinski definition) is 1. The molecule has 0 aromatic carbocycles. The van der Waals surface area contributed by atoms with Gasteiger partial charge < -0.3 is 5.32 Å². The van der Waals surface area contributed by atoms with Crippen molar-refractivity contribution in [1.29, 1.82) is 0 Å². The molecule has 0 aromatic heterocycles. The summed E-state index contributed by atoms with van der Waals surface area (Å²) in [6, 6.07) is 0.672. The summed E-state index contributed by atoms with van der Waals surface area (Å²) in [7, 11) is 0. The monoisotopic (exact) mass is 425 g/mol. The number of allylic oxidation sites excluding steroid dienone is 1. The summed E-state index contributed by atoms with van der Waals surface area (Å²) < 4.78 is 0. The first-order chi connectivity index (χ1) is 14.8. The Bertz CT molecular complexity index is 661. The van der Waals surface area contributed by atoms with E-state index in [0.717, 1.165) is 42.1 Å². The van der Waals surface area contributed by atoms with E-state index in [-0.39, 0.29) is 0 Å². The van der Waals surface area contributed by atoms with Crippen molar-refractivity contribution in [2.75, 3.05) is 6.54 Å². The number of rotatable bonds is 8. The van der Waals surface area contributed by atoms with Gasteiger partial charge in [-0.3, -0.25) is 0 Å². The fourth-order valence-corrected chi connectivity index (χ4v) is 9.11. The van der Waals surface area contributed by atoms with E-state index in [1.165, 1.54) is 70.6 Å². The van der Waals surface area contributed by atoms with Crippen LogP contribution in [-0.4, -0.2) is 12.6 Å². The van der Waals surface area contributed by atoms with Crippen LogP contribution in [0.5, 0.6) is 0 Å². The van der Waals surface area contributed by atoms with Crippen molar-refractivity contribution >= 4 is 0 Å². The van der Waals surface area contributed by atoms with Crippen molar-refractivity contribution in [1.82, 2.24) is 5.32 Å². The quantitative estimate of drug-likeness (QED) is 0.387. The number of fused-ring (bicyclic) bond motifs is 5. The van der Waals surface area contributed by atoms with Crippen LogP contribution in [0.2, 0.25) is 0 Å². The van der Waals surface area contributed by atoms with Gasteiger partial charge in [0, 0.05) is 12.6 Å². The Kier molecular flexibility index (Phi) is 7.12. The molecule has 4 aliphatic carbocycles. The van der Waals surface area contributed by atoms with Crippen LogP contribution in [0.3, 0.4) is 0 Å². The lowest BCUT2D eigenvalue weighted by Gasteiger charge is -2.58. The molecule has 0 aliphatic heterocycles. The van der Waals surface area contributed by atoms with E-state index < -0.39 is 0 Å². The lowest BCUT2D eigenvalue weighted by atomic mass is 9.47. The van der Waals surface area contributed by atoms with Crippen LogP contribution in [0.1, 0.15) is 105 Å². The second-order valence-electron chi connectivity index (χ2n) is 12.9. The van der Waals surface area contributed by atoms with Gasteiger partial charge in [-0.05, 0) is 97.7 Å². The average Bonchev–Trinajstić information content (AvgIpc) is 3.09. The highest BCUT2D eigenvalue weighted by atomic mass is 14.9. The lowest BCUT2D eigenvalue weighted by Crippen LogP contribution is -2.51. The number of hydrogen-bond acceptors (Lipinski definition) is 1. The van der Waals surface area contributed by atoms with Gasteiger partial charge in [0.05, 0.1) is 0 Å². The fraction of sp³-hybridized carbons (Fsp3) is 0.867. The SMILES string of the molecule is C=CCN[C@H]1CC[C@@]2(C)C(=CCC3C2CC[C@@]2(C)C3CC[C@@H]2[C@H](C)CCCC(C)C)C1. The summed E-state index contributed by atoms with van der Waals surface area (Å²) in [5.41, 5.74) is 2.90. The molecule has 0 spiro atoms. The molecule has 176 valence electrons. The van der Waals surface area contributed by atoms with Crippen molar-refractivity contribution in [3.05, 3.63) is 24.3 Å². The maximum atomic E-state index is 3.90. The summed E-state index contributed by atoms with van der Waals surface area (Å²) in [6.07, 6.45) is 20.5. The average molecular weight is 426 g/mol. The summed E-state index contributed by atoms with van der Waals surface area (Å²) in [5.74, 6) is 5.64. The van der Waals surface area contributed by atoms with E-state index in [1.54, 1.807) is 0 Å². The Balaban J connectivity index is 1.45. The first-order valence-corrected chi connectivity index (χ1v) is 13.8. The third-order valence-corrected chi connectivity index (χ3v) is 10.9. The first kappa shape index (κ1) is 23.6. The smallest absolute Gasteiger partial charge is 0.0135 e. The molecule has 3 unspecified atom stereocenters. The fourth-order valence-electron chi connectivity index (χ4n) is 9.11. The summed E-state index contributed by atoms with van der Waals surface area (Å²) in [4.78, 5) is 0. The molecule has 1 heteroatoms. The van der Waals surface area contributed by atoms with Gasteiger partial charge in [-0.1, -0.05) is 71.6 Å². The van der Waals surface area contributed by atoms with Crippen LogP contribution in [0.4, 0.5) is 0 Å². The highest BCUT2D eigenvalue weighted by Crippen LogP contribution is 2.67. The van der Waals surface area contributed by atoms with Gasteiger partial charge in [-0.25, -0.2) is 0 Å². The zero-order valence-corrected chi connectivity index (χ0v) is 21.4. The van der Waals surface area contributed by atoms with E-state index in [0.29, 0.717) is 16.9 Å². The highest BCUT2D eigenvalue weighted by Gasteiger charge is 2.59. The molecular weight excluding hydrogens is 374 g/mol. The largest absolute Gasteiger partial charge is 0.310 e. The summed E-state index contributed by atoms with van der Waals surface area (Å²) >= 11 is 0. The van der Waals surface area contributed by atoms with E-state index in [2.05, 4.69) is 52.6 Å². The molecule has 3 fully saturated rings. The molecule has 1 nitrogen and oxygen atoms in total. The Morgan fingerprint density at radius 3 is 2.61 bits per heavy atom. The zero-order chi connectivity index (χ0) is 22.2. The molecule has 4 aliphatic rings. The van der Waals surface area contributed by atoms with Crippen LogP contribution < -0.4 is 5.32 Å². The van der Waals surface area contributed by atoms with E-state index in [1.807, 2.05) is 11.6 Å². The molecule has 0 saturated heterocycles. The maximum absolute atomic E-state index is 3.90. The standard InChI is InChI=1S/C30H51N/c1-7-19-31-24-15-17-29(5)23(20-24)11-12-25-27-14-13-26(22(4)10-8-9-21(2)3)30(27,6)18-16-28(25)29/h7,11,21-22,24-28,31H,1,8-10,12-20H2,2-6H3/t22-,24+,25?,26-,27?,28?,29+,30-/m1/s1. The van der Waals surface area contributed by atoms with Crippen LogP contribution in [0.25, 0.3) is 0 Å². The van der Waals surface area contributed by atoms with Gasteiger partial charge in [-0.15, -0.1) is 6.58 Å². The van der Waals surface area contributed by atoms with Crippen LogP contribution >= 0.6 is 0 Å². The Morgan fingerprint density at radius 1 is 1.06 bits per heavy atom. The Morgan fingerprint density at radius 2 is 1.87 bits per heavy atom. The Hall–Kier alpha value is -0.560. The second kappa shape index (κ2) is 9.36. The molecule has 3 saturated carbocycles. The minimum atomic E-state index is 0.484. The molecule has 4 rings (SSSR count). The summed E-state index contributed by atoms with van der Waals surface area (Å²) in [6.45, 7) is 17.6. The lowest BCUT2D eigenvalue weighted by molar-refractivity contribution is -0.0514. The molecule has 0 radical (unpaired) electrons. The molecular formula is C30H51N. The van der Waals surface area contributed by atoms with Gasteiger partial charge in [0.2, 0.25) is 0 Å². The predicted octanol–water partition coefficient (Wildman–Crippen LogP) is 8.17. The second-order valence-corrected chi connectivity index (χ2v) is 12.9. The van der Waals surface area contributed by atoms with Crippen molar-refractivity contribution in [2.45, 2.75) is 111 Å². The van der Waals surface area contributed by atoms with Crippen molar-refractivity contribution < 1.29 is 0 Å². The minimum absolute atomic E-state index is 0.484. The third-order valence-electron chi connectivity index (χ3n) is 10.9. The molecule has 0 heterocycles. The van der Waals surface area contributed by atoms with Crippen LogP contribution in [0.15, 0.2) is 24.3 Å². The number of nitrogens with one attached hydrogen (secondary N) is 1. The molecule has 0 aromatic rings. The first-order valence-electron chi connectivity index (χ1n) is 13.8. The van der Waals surface area contributed by atoms with Gasteiger partial charge in [0.15, 0.2) is 0 Å². The third kappa shape index (κ3) is 4.34. The van der Waals surface area contributed by atoms with E-state index in [9.17, 15) is 0 Å². The van der Waals surface area contributed by atoms with Crippen molar-refractivity contribution in [2.24, 2.45) is 46.3 Å².